The number of nitrogens with zero attached hydrogens (tertiary/aromatic N) is 1. The van der Waals surface area contributed by atoms with Crippen molar-refractivity contribution >= 4 is 17.5 Å². The predicted octanol–water partition coefficient (Wildman–Crippen LogP) is 3.76. The summed E-state index contributed by atoms with van der Waals surface area (Å²) in [5, 5.41) is 2.81. The number of rotatable bonds is 7. The minimum Gasteiger partial charge on any atom is -0.496 e. The van der Waals surface area contributed by atoms with Gasteiger partial charge in [-0.25, -0.2) is 0 Å². The third-order valence-electron chi connectivity index (χ3n) is 4.89. The van der Waals surface area contributed by atoms with Crippen molar-refractivity contribution in [2.24, 2.45) is 0 Å². The van der Waals surface area contributed by atoms with E-state index in [-0.39, 0.29) is 11.8 Å². The lowest BCUT2D eigenvalue weighted by Crippen LogP contribution is -2.36. The van der Waals surface area contributed by atoms with Crippen LogP contribution in [-0.4, -0.2) is 18.9 Å². The summed E-state index contributed by atoms with van der Waals surface area (Å²) in [6.45, 7) is 4.00. The molecule has 1 atom stereocenters. The zero-order chi connectivity index (χ0) is 19.4. The molecule has 0 aliphatic carbocycles. The molecule has 0 spiro atoms. The molecule has 1 heterocycles. The molecule has 1 aliphatic heterocycles. The Bertz CT molecular complexity index is 847. The van der Waals surface area contributed by atoms with Crippen molar-refractivity contribution in [1.82, 2.24) is 5.32 Å². The van der Waals surface area contributed by atoms with E-state index in [2.05, 4.69) is 24.4 Å². The number of anilines is 1. The number of carbonyl (C=O) groups excluding carboxylic acids is 2. The van der Waals surface area contributed by atoms with Crippen molar-refractivity contribution in [1.29, 1.82) is 0 Å². The molecule has 0 radical (unpaired) electrons. The first-order valence-corrected chi connectivity index (χ1v) is 9.38. The third kappa shape index (κ3) is 3.97. The molecule has 142 valence electrons. The van der Waals surface area contributed by atoms with Gasteiger partial charge in [0.15, 0.2) is 0 Å². The molecule has 5 nitrogen and oxygen atoms in total. The lowest BCUT2D eigenvalue weighted by Gasteiger charge is -2.19. The molecule has 3 rings (SSSR count). The van der Waals surface area contributed by atoms with E-state index in [1.54, 1.807) is 12.0 Å². The molecule has 0 unspecified atom stereocenters. The van der Waals surface area contributed by atoms with Gasteiger partial charge >= 0.3 is 0 Å². The number of ether oxygens (including phenoxy) is 1. The number of para-hydroxylation sites is 1. The summed E-state index contributed by atoms with van der Waals surface area (Å²) in [5.74, 6) is 0.422. The molecule has 5 heteroatoms. The largest absolute Gasteiger partial charge is 0.496 e. The molecular formula is C22H26N2O3. The molecule has 0 bridgehead atoms. The van der Waals surface area contributed by atoms with E-state index >= 15 is 0 Å². The highest BCUT2D eigenvalue weighted by molar-refractivity contribution is 6.06. The van der Waals surface area contributed by atoms with Crippen molar-refractivity contribution in [3.8, 4) is 5.75 Å². The number of fused-ring (bicyclic) bond motifs is 1. The van der Waals surface area contributed by atoms with Gasteiger partial charge in [-0.2, -0.15) is 0 Å². The number of aryl methyl sites for hydroxylation is 1. The fourth-order valence-electron chi connectivity index (χ4n) is 3.53. The van der Waals surface area contributed by atoms with E-state index in [1.807, 2.05) is 30.3 Å². The maximum atomic E-state index is 13.1. The molecule has 2 aromatic carbocycles. The highest BCUT2D eigenvalue weighted by Crippen LogP contribution is 2.38. The quantitative estimate of drug-likeness (QED) is 0.812. The van der Waals surface area contributed by atoms with Crippen molar-refractivity contribution in [2.75, 3.05) is 12.0 Å². The molecule has 1 aliphatic rings. The number of hydrogen-bond donors (Lipinski definition) is 1. The second kappa shape index (κ2) is 8.25. The smallest absolute Gasteiger partial charge is 0.254 e. The lowest BCUT2D eigenvalue weighted by molar-refractivity contribution is -0.126. The third-order valence-corrected chi connectivity index (χ3v) is 4.89. The first kappa shape index (κ1) is 19.0. The Balaban J connectivity index is 1.96. The summed E-state index contributed by atoms with van der Waals surface area (Å²) in [5.41, 5.74) is 3.85. The van der Waals surface area contributed by atoms with Crippen LogP contribution >= 0.6 is 0 Å². The number of unbranched alkanes of at least 4 members (excludes halogenated alkanes) is 1. The van der Waals surface area contributed by atoms with Crippen LogP contribution < -0.4 is 15.0 Å². The van der Waals surface area contributed by atoms with E-state index in [0.717, 1.165) is 41.8 Å². The molecule has 0 saturated heterocycles. The fourth-order valence-corrected chi connectivity index (χ4v) is 3.53. The topological polar surface area (TPSA) is 58.6 Å². The highest BCUT2D eigenvalue weighted by atomic mass is 16.5. The minimum absolute atomic E-state index is 0.112. The van der Waals surface area contributed by atoms with Crippen molar-refractivity contribution in [3.63, 3.8) is 0 Å². The van der Waals surface area contributed by atoms with Crippen LogP contribution in [-0.2, 0) is 22.6 Å². The summed E-state index contributed by atoms with van der Waals surface area (Å²) in [7, 11) is 1.62. The summed E-state index contributed by atoms with van der Waals surface area (Å²) in [6, 6.07) is 13.2. The summed E-state index contributed by atoms with van der Waals surface area (Å²) in [6.07, 6.45) is 3.19. The first-order valence-electron chi connectivity index (χ1n) is 9.38. The second-order valence-corrected chi connectivity index (χ2v) is 6.87. The van der Waals surface area contributed by atoms with E-state index in [1.165, 1.54) is 12.5 Å². The summed E-state index contributed by atoms with van der Waals surface area (Å²) < 4.78 is 5.43. The normalized spacial score (nSPS) is 15.6. The molecular weight excluding hydrogens is 340 g/mol. The molecule has 0 fully saturated rings. The van der Waals surface area contributed by atoms with E-state index in [0.29, 0.717) is 6.54 Å². The maximum Gasteiger partial charge on any atom is 0.254 e. The SMILES string of the molecule is CCCCc1ccc2c(c1)[C@H](NC(C)=O)C(=O)N2Cc1ccccc1OC. The summed E-state index contributed by atoms with van der Waals surface area (Å²) in [4.78, 5) is 26.5. The lowest BCUT2D eigenvalue weighted by atomic mass is 10.0. The van der Waals surface area contributed by atoms with Gasteiger partial charge in [0.2, 0.25) is 5.91 Å². The molecule has 2 aromatic rings. The maximum absolute atomic E-state index is 13.1. The number of hydrogen-bond acceptors (Lipinski definition) is 3. The Morgan fingerprint density at radius 2 is 2.00 bits per heavy atom. The van der Waals surface area contributed by atoms with Gasteiger partial charge in [-0.3, -0.25) is 9.59 Å². The Hall–Kier alpha value is -2.82. The van der Waals surface area contributed by atoms with Gasteiger partial charge in [0.25, 0.3) is 5.91 Å². The number of methoxy groups -OCH3 is 1. The fraction of sp³-hybridized carbons (Fsp3) is 0.364. The molecule has 1 N–H and O–H groups in total. The monoisotopic (exact) mass is 366 g/mol. The predicted molar refractivity (Wildman–Crippen MR) is 106 cm³/mol. The van der Waals surface area contributed by atoms with Gasteiger partial charge in [-0.05, 0) is 30.5 Å². The Morgan fingerprint density at radius 1 is 1.22 bits per heavy atom. The molecule has 0 aromatic heterocycles. The summed E-state index contributed by atoms with van der Waals surface area (Å²) >= 11 is 0. The Kier molecular flexibility index (Phi) is 5.79. The van der Waals surface area contributed by atoms with Crippen molar-refractivity contribution < 1.29 is 14.3 Å². The van der Waals surface area contributed by atoms with Gasteiger partial charge in [0, 0.05) is 23.7 Å². The molecule has 27 heavy (non-hydrogen) atoms. The van der Waals surface area contributed by atoms with Crippen LogP contribution in [0.1, 0.15) is 49.4 Å². The highest BCUT2D eigenvalue weighted by Gasteiger charge is 2.38. The number of nitrogens with one attached hydrogen (secondary N) is 1. The van der Waals surface area contributed by atoms with Crippen LogP contribution in [0.15, 0.2) is 42.5 Å². The van der Waals surface area contributed by atoms with Crippen LogP contribution in [0.2, 0.25) is 0 Å². The van der Waals surface area contributed by atoms with Gasteiger partial charge in [0.1, 0.15) is 11.8 Å². The van der Waals surface area contributed by atoms with E-state index < -0.39 is 6.04 Å². The first-order chi connectivity index (χ1) is 13.0. The number of benzene rings is 2. The van der Waals surface area contributed by atoms with Crippen LogP contribution in [0, 0.1) is 0 Å². The molecule has 2 amide bonds. The van der Waals surface area contributed by atoms with Gasteiger partial charge in [-0.15, -0.1) is 0 Å². The molecule has 0 saturated carbocycles. The van der Waals surface area contributed by atoms with E-state index in [9.17, 15) is 9.59 Å². The zero-order valence-electron chi connectivity index (χ0n) is 16.1. The van der Waals surface area contributed by atoms with Crippen molar-refractivity contribution in [3.05, 3.63) is 59.2 Å². The second-order valence-electron chi connectivity index (χ2n) is 6.87. The van der Waals surface area contributed by atoms with Crippen LogP contribution in [0.25, 0.3) is 0 Å². The zero-order valence-corrected chi connectivity index (χ0v) is 16.1. The minimum atomic E-state index is -0.631. The Labute approximate surface area is 160 Å². The van der Waals surface area contributed by atoms with Gasteiger partial charge in [0.05, 0.1) is 13.7 Å². The average Bonchev–Trinajstić information content (AvgIpc) is 2.91. The average molecular weight is 366 g/mol. The van der Waals surface area contributed by atoms with Gasteiger partial charge < -0.3 is 15.0 Å². The number of amides is 2. The Morgan fingerprint density at radius 3 is 2.70 bits per heavy atom. The standard InChI is InChI=1S/C22H26N2O3/c1-4-5-8-16-11-12-19-18(13-16)21(23-15(2)25)22(26)24(19)14-17-9-6-7-10-20(17)27-3/h6-7,9-13,21H,4-5,8,14H2,1-3H3,(H,23,25)/t21-/m0/s1. The van der Waals surface area contributed by atoms with Crippen LogP contribution in [0.3, 0.4) is 0 Å². The van der Waals surface area contributed by atoms with Crippen molar-refractivity contribution in [2.45, 2.75) is 45.7 Å². The van der Waals surface area contributed by atoms with Gasteiger partial charge in [-0.1, -0.05) is 43.7 Å². The van der Waals surface area contributed by atoms with Crippen LogP contribution in [0.4, 0.5) is 5.69 Å². The van der Waals surface area contributed by atoms with E-state index in [4.69, 9.17) is 4.74 Å². The van der Waals surface area contributed by atoms with Crippen LogP contribution in [0.5, 0.6) is 5.75 Å². The number of carbonyl (C=O) groups is 2.